The van der Waals surface area contributed by atoms with Crippen LogP contribution < -0.4 is 10.1 Å². The Morgan fingerprint density at radius 2 is 2.07 bits per heavy atom. The molecule has 1 heterocycles. The van der Waals surface area contributed by atoms with Crippen LogP contribution >= 0.6 is 27.7 Å². The van der Waals surface area contributed by atoms with Crippen LogP contribution in [0.2, 0.25) is 0 Å². The van der Waals surface area contributed by atoms with Crippen molar-refractivity contribution in [3.05, 3.63) is 77.0 Å². The van der Waals surface area contributed by atoms with Crippen LogP contribution in [0.3, 0.4) is 0 Å². The highest BCUT2D eigenvalue weighted by Crippen LogP contribution is 2.26. The summed E-state index contributed by atoms with van der Waals surface area (Å²) in [6.45, 7) is 8.25. The molecule has 0 radical (unpaired) electrons. The number of aryl methyl sites for hydroxylation is 1. The number of rotatable bonds is 9. The van der Waals surface area contributed by atoms with Gasteiger partial charge < -0.3 is 10.1 Å². The van der Waals surface area contributed by atoms with Gasteiger partial charge in [0.25, 0.3) is 0 Å². The molecule has 1 amide bonds. The number of amides is 1. The van der Waals surface area contributed by atoms with E-state index in [1.807, 2.05) is 66.9 Å². The van der Waals surface area contributed by atoms with Crippen molar-refractivity contribution < 1.29 is 9.53 Å². The molecule has 3 rings (SSSR count). The van der Waals surface area contributed by atoms with E-state index in [4.69, 9.17) is 4.74 Å². The van der Waals surface area contributed by atoms with Gasteiger partial charge in [-0.1, -0.05) is 45.9 Å². The first kappa shape index (κ1) is 22.1. The molecule has 0 saturated carbocycles. The standard InChI is InChI=1S/C22H23BrN4O2S/c1-4-12-27-21(16(3)29-19-10-8-17(23)9-11-19)25-26-22(27)30-14-20(28)24-18-7-5-6-15(2)13-18/h4-11,13,16H,1,12,14H2,2-3H3,(H,24,28). The average Bonchev–Trinajstić information content (AvgIpc) is 3.11. The van der Waals surface area contributed by atoms with Gasteiger partial charge in [-0.2, -0.15) is 0 Å². The van der Waals surface area contributed by atoms with E-state index < -0.39 is 0 Å². The average molecular weight is 487 g/mol. The summed E-state index contributed by atoms with van der Waals surface area (Å²) in [4.78, 5) is 12.3. The molecule has 30 heavy (non-hydrogen) atoms. The molecule has 2 aromatic carbocycles. The highest BCUT2D eigenvalue weighted by molar-refractivity contribution is 9.10. The lowest BCUT2D eigenvalue weighted by Gasteiger charge is -2.15. The quantitative estimate of drug-likeness (QED) is 0.323. The van der Waals surface area contributed by atoms with E-state index in [9.17, 15) is 4.79 Å². The van der Waals surface area contributed by atoms with Crippen molar-refractivity contribution in [2.45, 2.75) is 31.7 Å². The summed E-state index contributed by atoms with van der Waals surface area (Å²) < 4.78 is 8.91. The summed E-state index contributed by atoms with van der Waals surface area (Å²) in [5, 5.41) is 12.1. The number of thioether (sulfide) groups is 1. The Bertz CT molecular complexity index is 1020. The number of hydrogen-bond acceptors (Lipinski definition) is 5. The van der Waals surface area contributed by atoms with Crippen LogP contribution in [-0.4, -0.2) is 26.4 Å². The van der Waals surface area contributed by atoms with Gasteiger partial charge in [0.05, 0.1) is 5.75 Å². The topological polar surface area (TPSA) is 69.0 Å². The van der Waals surface area contributed by atoms with Gasteiger partial charge in [-0.15, -0.1) is 16.8 Å². The van der Waals surface area contributed by atoms with E-state index in [1.54, 1.807) is 6.08 Å². The van der Waals surface area contributed by atoms with Crippen molar-refractivity contribution in [1.82, 2.24) is 14.8 Å². The first-order valence-corrected chi connectivity index (χ1v) is 11.2. The number of benzene rings is 2. The zero-order valence-corrected chi connectivity index (χ0v) is 19.2. The third-order valence-corrected chi connectivity index (χ3v) is 5.68. The molecule has 6 nitrogen and oxygen atoms in total. The van der Waals surface area contributed by atoms with E-state index >= 15 is 0 Å². The summed E-state index contributed by atoms with van der Waals surface area (Å²) in [7, 11) is 0. The van der Waals surface area contributed by atoms with Crippen LogP contribution in [0.5, 0.6) is 5.75 Å². The molecule has 0 aliphatic rings. The molecule has 0 saturated heterocycles. The lowest BCUT2D eigenvalue weighted by Crippen LogP contribution is -2.15. The third-order valence-electron chi connectivity index (χ3n) is 4.18. The summed E-state index contributed by atoms with van der Waals surface area (Å²) in [6, 6.07) is 15.3. The van der Waals surface area contributed by atoms with E-state index in [0.717, 1.165) is 21.5 Å². The second-order valence-corrected chi connectivity index (χ2v) is 8.52. The van der Waals surface area contributed by atoms with Gasteiger partial charge in [0.15, 0.2) is 17.1 Å². The van der Waals surface area contributed by atoms with E-state index in [-0.39, 0.29) is 17.8 Å². The van der Waals surface area contributed by atoms with Gasteiger partial charge in [0.2, 0.25) is 5.91 Å². The second-order valence-electron chi connectivity index (χ2n) is 6.66. The Balaban J connectivity index is 1.66. The Morgan fingerprint density at radius 1 is 1.30 bits per heavy atom. The molecule has 0 fully saturated rings. The Hall–Kier alpha value is -2.58. The normalized spacial score (nSPS) is 11.7. The Morgan fingerprint density at radius 3 is 2.77 bits per heavy atom. The molecule has 156 valence electrons. The lowest BCUT2D eigenvalue weighted by molar-refractivity contribution is -0.113. The van der Waals surface area contributed by atoms with Crippen LogP contribution in [0, 0.1) is 6.92 Å². The molecule has 0 aliphatic heterocycles. The number of carbonyl (C=O) groups excluding carboxylic acids is 1. The summed E-state index contributed by atoms with van der Waals surface area (Å²) in [6.07, 6.45) is 1.46. The highest BCUT2D eigenvalue weighted by Gasteiger charge is 2.19. The monoisotopic (exact) mass is 486 g/mol. The summed E-state index contributed by atoms with van der Waals surface area (Å²) in [5.41, 5.74) is 1.88. The third kappa shape index (κ3) is 5.96. The van der Waals surface area contributed by atoms with Crippen molar-refractivity contribution in [3.8, 4) is 5.75 Å². The molecule has 1 unspecified atom stereocenters. The van der Waals surface area contributed by atoms with Crippen LogP contribution in [0.25, 0.3) is 0 Å². The van der Waals surface area contributed by atoms with Gasteiger partial charge in [-0.05, 0) is 55.8 Å². The second kappa shape index (κ2) is 10.4. The largest absolute Gasteiger partial charge is 0.483 e. The fraction of sp³-hybridized carbons (Fsp3) is 0.227. The molecular weight excluding hydrogens is 464 g/mol. The Kier molecular flexibility index (Phi) is 7.70. The zero-order chi connectivity index (χ0) is 21.5. The van der Waals surface area contributed by atoms with Crippen LogP contribution in [0.4, 0.5) is 5.69 Å². The lowest BCUT2D eigenvalue weighted by atomic mass is 10.2. The number of anilines is 1. The maximum Gasteiger partial charge on any atom is 0.234 e. The van der Waals surface area contributed by atoms with Crippen LogP contribution in [0.1, 0.15) is 24.4 Å². The van der Waals surface area contributed by atoms with E-state index in [2.05, 4.69) is 38.0 Å². The minimum atomic E-state index is -0.311. The Labute approximate surface area is 188 Å². The molecule has 0 bridgehead atoms. The van der Waals surface area contributed by atoms with Gasteiger partial charge >= 0.3 is 0 Å². The highest BCUT2D eigenvalue weighted by atomic mass is 79.9. The maximum absolute atomic E-state index is 12.3. The summed E-state index contributed by atoms with van der Waals surface area (Å²) in [5.74, 6) is 1.55. The van der Waals surface area contributed by atoms with Gasteiger partial charge in [0, 0.05) is 16.7 Å². The van der Waals surface area contributed by atoms with Gasteiger partial charge in [-0.25, -0.2) is 0 Å². The number of allylic oxidation sites excluding steroid dienone is 1. The number of halogens is 1. The minimum absolute atomic E-state index is 0.0977. The van der Waals surface area contributed by atoms with Crippen molar-refractivity contribution in [3.63, 3.8) is 0 Å². The fourth-order valence-electron chi connectivity index (χ4n) is 2.83. The number of aromatic nitrogens is 3. The number of nitrogens with zero attached hydrogens (tertiary/aromatic N) is 3. The molecule has 8 heteroatoms. The molecule has 1 atom stereocenters. The van der Waals surface area contributed by atoms with Crippen LogP contribution in [-0.2, 0) is 11.3 Å². The van der Waals surface area contributed by atoms with Crippen LogP contribution in [0.15, 0.2) is 70.8 Å². The predicted molar refractivity (Wildman–Crippen MR) is 124 cm³/mol. The number of hydrogen-bond donors (Lipinski definition) is 1. The zero-order valence-electron chi connectivity index (χ0n) is 16.8. The molecule has 1 aromatic heterocycles. The van der Waals surface area contributed by atoms with Gasteiger partial charge in [-0.3, -0.25) is 9.36 Å². The number of nitrogens with one attached hydrogen (secondary N) is 1. The maximum atomic E-state index is 12.3. The predicted octanol–water partition coefficient (Wildman–Crippen LogP) is 5.41. The van der Waals surface area contributed by atoms with Crippen molar-refractivity contribution in [1.29, 1.82) is 0 Å². The first-order chi connectivity index (χ1) is 14.5. The van der Waals surface area contributed by atoms with E-state index in [1.165, 1.54) is 11.8 Å². The fourth-order valence-corrected chi connectivity index (χ4v) is 3.85. The smallest absolute Gasteiger partial charge is 0.234 e. The van der Waals surface area contributed by atoms with Crippen molar-refractivity contribution in [2.75, 3.05) is 11.1 Å². The number of ether oxygens (including phenoxy) is 1. The van der Waals surface area contributed by atoms with Gasteiger partial charge in [0.1, 0.15) is 5.75 Å². The molecule has 0 spiro atoms. The van der Waals surface area contributed by atoms with Crippen molar-refractivity contribution >= 4 is 39.3 Å². The molecule has 0 aliphatic carbocycles. The molecule has 1 N–H and O–H groups in total. The first-order valence-electron chi connectivity index (χ1n) is 9.42. The molecular formula is C22H23BrN4O2S. The van der Waals surface area contributed by atoms with E-state index in [0.29, 0.717) is 17.5 Å². The molecule has 3 aromatic rings. The number of carbonyl (C=O) groups is 1. The SMILES string of the molecule is C=CCn1c(SCC(=O)Nc2cccc(C)c2)nnc1C(C)Oc1ccc(Br)cc1. The van der Waals surface area contributed by atoms with Crippen molar-refractivity contribution in [2.24, 2.45) is 0 Å². The summed E-state index contributed by atoms with van der Waals surface area (Å²) >= 11 is 4.75. The minimum Gasteiger partial charge on any atom is -0.483 e.